The highest BCUT2D eigenvalue weighted by atomic mass is 19.1. The van der Waals surface area contributed by atoms with E-state index in [1.54, 1.807) is 24.3 Å². The molecule has 5 nitrogen and oxygen atoms in total. The van der Waals surface area contributed by atoms with E-state index in [9.17, 15) is 13.6 Å². The van der Waals surface area contributed by atoms with Crippen LogP contribution in [0.5, 0.6) is 5.75 Å². The highest BCUT2D eigenvalue weighted by Gasteiger charge is 2.24. The summed E-state index contributed by atoms with van der Waals surface area (Å²) in [6.45, 7) is 5.54. The summed E-state index contributed by atoms with van der Waals surface area (Å²) in [4.78, 5) is 12.9. The number of carbonyl (C=O) groups excluding carboxylic acids is 1. The van der Waals surface area contributed by atoms with E-state index in [0.29, 0.717) is 30.0 Å². The van der Waals surface area contributed by atoms with Gasteiger partial charge >= 0.3 is 5.97 Å². The van der Waals surface area contributed by atoms with Crippen molar-refractivity contribution in [2.24, 2.45) is 5.73 Å². The molecule has 0 saturated carbocycles. The largest absolute Gasteiger partial charge is 0.494 e. The highest BCUT2D eigenvalue weighted by Crippen LogP contribution is 2.16. The zero-order chi connectivity index (χ0) is 25.9. The number of hydrogen-bond donors (Lipinski definition) is 2. The number of rotatable bonds is 13. The van der Waals surface area contributed by atoms with Crippen molar-refractivity contribution in [1.29, 1.82) is 0 Å². The van der Waals surface area contributed by atoms with Crippen LogP contribution in [0.25, 0.3) is 0 Å². The van der Waals surface area contributed by atoms with Gasteiger partial charge in [0.1, 0.15) is 23.5 Å². The Labute approximate surface area is 211 Å². The van der Waals surface area contributed by atoms with Crippen molar-refractivity contribution in [3.63, 3.8) is 0 Å². The second kappa shape index (κ2) is 13.7. The Balaban J connectivity index is 1.69. The second-order valence-corrected chi connectivity index (χ2v) is 8.77. The average Bonchev–Trinajstić information content (AvgIpc) is 2.86. The number of ether oxygens (including phenoxy) is 2. The van der Waals surface area contributed by atoms with E-state index in [4.69, 9.17) is 15.2 Å². The van der Waals surface area contributed by atoms with Crippen LogP contribution in [0.15, 0.2) is 66.7 Å². The van der Waals surface area contributed by atoms with Crippen LogP contribution in [-0.4, -0.2) is 31.3 Å². The minimum absolute atomic E-state index is 0.142. The lowest BCUT2D eigenvalue weighted by Gasteiger charge is -2.25. The zero-order valence-electron chi connectivity index (χ0n) is 20.8. The third-order valence-electron chi connectivity index (χ3n) is 5.77. The van der Waals surface area contributed by atoms with Crippen molar-refractivity contribution >= 4 is 5.97 Å². The molecule has 3 N–H and O–H groups in total. The van der Waals surface area contributed by atoms with Crippen molar-refractivity contribution < 1.29 is 23.0 Å². The number of benzene rings is 3. The molecule has 7 heteroatoms. The fourth-order valence-electron chi connectivity index (χ4n) is 3.84. The van der Waals surface area contributed by atoms with Crippen LogP contribution >= 0.6 is 0 Å². The first kappa shape index (κ1) is 27.3. The summed E-state index contributed by atoms with van der Waals surface area (Å²) in [5, 5.41) is 3.31. The number of nitrogens with two attached hydrogens (primary N) is 1. The predicted molar refractivity (Wildman–Crippen MR) is 137 cm³/mol. The van der Waals surface area contributed by atoms with E-state index in [2.05, 4.69) is 24.4 Å². The SMILES string of the molecule is CCCOc1ccc(C(=O)O[C@H](CNCc2cccc(CC)c2)[C@@H](N)Cc2cc(F)cc(F)c2)cc1. The molecule has 0 aliphatic rings. The standard InChI is InChI=1S/C29H34F2N2O3/c1-3-12-35-26-10-8-23(9-11-26)29(34)36-28(19-33-18-21-7-5-6-20(4-2)13-21)27(32)16-22-14-24(30)17-25(31)15-22/h5-11,13-15,17,27-28,33H,3-4,12,16,18-19,32H2,1-2H3/t27-,28+/m0/s1. The van der Waals surface area contributed by atoms with E-state index < -0.39 is 29.7 Å². The lowest BCUT2D eigenvalue weighted by atomic mass is 10.0. The smallest absolute Gasteiger partial charge is 0.338 e. The molecule has 0 radical (unpaired) electrons. The van der Waals surface area contributed by atoms with Crippen molar-refractivity contribution in [2.75, 3.05) is 13.2 Å². The van der Waals surface area contributed by atoms with Crippen molar-refractivity contribution in [3.8, 4) is 5.75 Å². The molecule has 0 aromatic heterocycles. The van der Waals surface area contributed by atoms with E-state index >= 15 is 0 Å². The van der Waals surface area contributed by atoms with Gasteiger partial charge in [0, 0.05) is 25.2 Å². The molecule has 0 saturated heterocycles. The van der Waals surface area contributed by atoms with Gasteiger partial charge in [-0.25, -0.2) is 13.6 Å². The quantitative estimate of drug-likeness (QED) is 0.318. The Kier molecular flexibility index (Phi) is 10.4. The van der Waals surface area contributed by atoms with E-state index in [-0.39, 0.29) is 13.0 Å². The van der Waals surface area contributed by atoms with Crippen molar-refractivity contribution in [2.45, 2.75) is 51.8 Å². The number of hydrogen-bond acceptors (Lipinski definition) is 5. The highest BCUT2D eigenvalue weighted by molar-refractivity contribution is 5.89. The molecule has 3 aromatic carbocycles. The lowest BCUT2D eigenvalue weighted by Crippen LogP contribution is -2.46. The maximum absolute atomic E-state index is 13.7. The van der Waals surface area contributed by atoms with Gasteiger partial charge in [-0.05, 0) is 72.4 Å². The van der Waals surface area contributed by atoms with Crippen LogP contribution in [0.1, 0.15) is 47.3 Å². The Morgan fingerprint density at radius 1 is 0.944 bits per heavy atom. The van der Waals surface area contributed by atoms with Crippen LogP contribution in [0.4, 0.5) is 8.78 Å². The summed E-state index contributed by atoms with van der Waals surface area (Å²) in [6.07, 6.45) is 1.23. The number of nitrogens with one attached hydrogen (secondary N) is 1. The van der Waals surface area contributed by atoms with Gasteiger partial charge in [0.25, 0.3) is 0 Å². The van der Waals surface area contributed by atoms with Gasteiger partial charge in [0.2, 0.25) is 0 Å². The van der Waals surface area contributed by atoms with Crippen LogP contribution in [0.2, 0.25) is 0 Å². The average molecular weight is 497 g/mol. The van der Waals surface area contributed by atoms with Crippen LogP contribution in [0, 0.1) is 11.6 Å². The van der Waals surface area contributed by atoms with Gasteiger partial charge < -0.3 is 20.5 Å². The molecule has 36 heavy (non-hydrogen) atoms. The summed E-state index contributed by atoms with van der Waals surface area (Å²) < 4.78 is 38.7. The van der Waals surface area contributed by atoms with Crippen molar-refractivity contribution in [3.05, 3.63) is 101 Å². The summed E-state index contributed by atoms with van der Waals surface area (Å²) in [5.74, 6) is -1.21. The van der Waals surface area contributed by atoms with E-state index in [0.717, 1.165) is 24.5 Å². The maximum Gasteiger partial charge on any atom is 0.338 e. The van der Waals surface area contributed by atoms with Gasteiger partial charge in [-0.3, -0.25) is 0 Å². The minimum atomic E-state index is -0.728. The third kappa shape index (κ3) is 8.43. The molecule has 0 unspecified atom stereocenters. The second-order valence-electron chi connectivity index (χ2n) is 8.77. The molecule has 192 valence electrons. The van der Waals surface area contributed by atoms with Gasteiger partial charge in [0.05, 0.1) is 12.2 Å². The molecule has 0 aliphatic carbocycles. The maximum atomic E-state index is 13.7. The molecule has 2 atom stereocenters. The molecule has 0 bridgehead atoms. The Bertz CT molecular complexity index is 1100. The predicted octanol–water partition coefficient (Wildman–Crippen LogP) is 5.20. The molecule has 3 aromatic rings. The van der Waals surface area contributed by atoms with Gasteiger partial charge in [-0.2, -0.15) is 0 Å². The molecule has 0 heterocycles. The van der Waals surface area contributed by atoms with Gasteiger partial charge in [-0.15, -0.1) is 0 Å². The molecule has 3 rings (SSSR count). The third-order valence-corrected chi connectivity index (χ3v) is 5.77. The van der Waals surface area contributed by atoms with Crippen LogP contribution < -0.4 is 15.8 Å². The number of carbonyl (C=O) groups is 1. The molecule has 0 spiro atoms. The normalized spacial score (nSPS) is 12.7. The van der Waals surface area contributed by atoms with Gasteiger partial charge in [-0.1, -0.05) is 38.1 Å². The number of aryl methyl sites for hydroxylation is 1. The Morgan fingerprint density at radius 2 is 1.64 bits per heavy atom. The Hall–Kier alpha value is -3.29. The summed E-state index contributed by atoms with van der Waals surface area (Å²) in [6, 6.07) is 17.5. The first-order chi connectivity index (χ1) is 17.4. The number of halogens is 2. The van der Waals surface area contributed by atoms with Crippen molar-refractivity contribution in [1.82, 2.24) is 5.32 Å². The molecule has 0 amide bonds. The minimum Gasteiger partial charge on any atom is -0.494 e. The first-order valence-corrected chi connectivity index (χ1v) is 12.3. The zero-order valence-corrected chi connectivity index (χ0v) is 20.8. The van der Waals surface area contributed by atoms with Crippen LogP contribution in [-0.2, 0) is 24.1 Å². The molecule has 0 fully saturated rings. The summed E-state index contributed by atoms with van der Waals surface area (Å²) in [5.41, 5.74) is 9.49. The van der Waals surface area contributed by atoms with Crippen LogP contribution in [0.3, 0.4) is 0 Å². The molecular weight excluding hydrogens is 462 g/mol. The van der Waals surface area contributed by atoms with E-state index in [1.165, 1.54) is 17.7 Å². The van der Waals surface area contributed by atoms with E-state index in [1.807, 2.05) is 19.1 Å². The summed E-state index contributed by atoms with van der Waals surface area (Å²) >= 11 is 0. The number of esters is 1. The Morgan fingerprint density at radius 3 is 2.31 bits per heavy atom. The topological polar surface area (TPSA) is 73.6 Å². The lowest BCUT2D eigenvalue weighted by molar-refractivity contribution is 0.0238. The molecular formula is C29H34F2N2O3. The summed E-state index contributed by atoms with van der Waals surface area (Å²) in [7, 11) is 0. The first-order valence-electron chi connectivity index (χ1n) is 12.3. The van der Waals surface area contributed by atoms with Gasteiger partial charge in [0.15, 0.2) is 0 Å². The fourth-order valence-corrected chi connectivity index (χ4v) is 3.84. The molecule has 0 aliphatic heterocycles. The fraction of sp³-hybridized carbons (Fsp3) is 0.345. The monoisotopic (exact) mass is 496 g/mol.